The molecule has 2 aromatic rings. The summed E-state index contributed by atoms with van der Waals surface area (Å²) >= 11 is 0. The van der Waals surface area contributed by atoms with Crippen LogP contribution in [0.1, 0.15) is 55.2 Å². The van der Waals surface area contributed by atoms with Gasteiger partial charge in [-0.2, -0.15) is 26.3 Å². The molecule has 4 fully saturated rings. The van der Waals surface area contributed by atoms with Gasteiger partial charge in [0.2, 0.25) is 5.91 Å². The molecule has 256 valence electrons. The molecule has 5 atom stereocenters. The minimum Gasteiger partial charge on any atom is -0.378 e. The molecule has 4 saturated heterocycles. The average molecular weight is 693 g/mol. The number of hydrogen-bond donors (Lipinski definition) is 0. The lowest BCUT2D eigenvalue weighted by Gasteiger charge is -2.47. The van der Waals surface area contributed by atoms with Crippen LogP contribution in [0.3, 0.4) is 0 Å². The molecule has 7 rings (SSSR count). The van der Waals surface area contributed by atoms with E-state index in [0.29, 0.717) is 44.2 Å². The highest BCUT2D eigenvalue weighted by Crippen LogP contribution is 2.57. The fraction of sp³-hybridized carbons (Fsp3) is 0.594. The quantitative estimate of drug-likeness (QED) is 0.286. The first kappa shape index (κ1) is 32.8. The van der Waals surface area contributed by atoms with E-state index < -0.39 is 50.0 Å². The van der Waals surface area contributed by atoms with Crippen LogP contribution in [-0.2, 0) is 36.2 Å². The molecule has 2 aromatic carbocycles. The van der Waals surface area contributed by atoms with Crippen molar-refractivity contribution in [1.29, 1.82) is 0 Å². The van der Waals surface area contributed by atoms with E-state index in [2.05, 4.69) is 4.90 Å². The number of fused-ring (bicyclic) bond motifs is 5. The SMILES string of the molecule is O=C(C1C[C@H]2CC[C@@H](C1)N2C1COC1)N1CC[C@]2(S(=O)(=O)c3ccc(F)cc3)c3ccc(C(F)(C(F)(F)F)C(F)(F)F)cc3CC[C@H]12. The molecule has 6 nitrogen and oxygen atoms in total. The molecule has 1 amide bonds. The van der Waals surface area contributed by atoms with E-state index in [1.807, 2.05) is 0 Å². The number of amides is 1. The number of aryl methyl sites for hydroxylation is 1. The third-order valence-corrected chi connectivity index (χ3v) is 13.7. The zero-order valence-corrected chi connectivity index (χ0v) is 25.8. The third kappa shape index (κ3) is 4.68. The van der Waals surface area contributed by atoms with Crippen molar-refractivity contribution in [3.63, 3.8) is 0 Å². The fourth-order valence-electron chi connectivity index (χ4n) is 8.96. The van der Waals surface area contributed by atoms with Crippen LogP contribution in [0.15, 0.2) is 47.4 Å². The molecule has 15 heteroatoms. The number of nitrogens with zero attached hydrogens (tertiary/aromatic N) is 2. The van der Waals surface area contributed by atoms with E-state index in [4.69, 9.17) is 4.74 Å². The van der Waals surface area contributed by atoms with E-state index in [1.54, 1.807) is 0 Å². The Morgan fingerprint density at radius 1 is 0.851 bits per heavy atom. The molecular formula is C32H32F8N2O4S. The number of hydrogen-bond acceptors (Lipinski definition) is 5. The second kappa shape index (κ2) is 10.9. The number of carbonyl (C=O) groups is 1. The van der Waals surface area contributed by atoms with Crippen LogP contribution in [-0.4, -0.2) is 80.4 Å². The van der Waals surface area contributed by atoms with Crippen molar-refractivity contribution in [2.45, 2.75) is 96.8 Å². The monoisotopic (exact) mass is 692 g/mol. The zero-order chi connectivity index (χ0) is 33.7. The Hall–Kier alpha value is -2.78. The van der Waals surface area contributed by atoms with Crippen LogP contribution in [0.4, 0.5) is 35.1 Å². The smallest absolute Gasteiger partial charge is 0.378 e. The Morgan fingerprint density at radius 2 is 1.47 bits per heavy atom. The van der Waals surface area contributed by atoms with E-state index >= 15 is 4.39 Å². The van der Waals surface area contributed by atoms with Crippen molar-refractivity contribution in [1.82, 2.24) is 9.80 Å². The molecule has 1 unspecified atom stereocenters. The molecule has 4 aliphatic heterocycles. The Kier molecular flexibility index (Phi) is 7.57. The minimum absolute atomic E-state index is 0.0186. The molecule has 2 bridgehead atoms. The molecule has 0 saturated carbocycles. The van der Waals surface area contributed by atoms with Gasteiger partial charge in [-0.1, -0.05) is 18.2 Å². The maximum Gasteiger partial charge on any atom is 0.435 e. The lowest BCUT2D eigenvalue weighted by molar-refractivity contribution is -0.348. The number of ether oxygens (including phenoxy) is 1. The van der Waals surface area contributed by atoms with Gasteiger partial charge in [-0.25, -0.2) is 17.2 Å². The Balaban J connectivity index is 1.29. The number of benzene rings is 2. The van der Waals surface area contributed by atoms with Crippen LogP contribution < -0.4 is 0 Å². The Labute approximate surface area is 266 Å². The molecular weight excluding hydrogens is 660 g/mol. The van der Waals surface area contributed by atoms with Gasteiger partial charge in [0.25, 0.3) is 0 Å². The van der Waals surface area contributed by atoms with E-state index in [-0.39, 0.29) is 65.7 Å². The molecule has 5 aliphatic rings. The van der Waals surface area contributed by atoms with Gasteiger partial charge in [-0.3, -0.25) is 9.69 Å². The number of carbonyl (C=O) groups excluding carboxylic acids is 1. The van der Waals surface area contributed by atoms with Crippen molar-refractivity contribution in [2.75, 3.05) is 19.8 Å². The van der Waals surface area contributed by atoms with Crippen LogP contribution >= 0.6 is 0 Å². The zero-order valence-electron chi connectivity index (χ0n) is 25.0. The standard InChI is InChI=1S/C32H32F8N2O4S/c33-21-3-7-25(8-4-21)47(44,45)29-11-12-41(28(43)19-14-22-5-6-23(15-19)42(22)24-16-46-17-24)27(29)10-1-18-13-20(2-9-26(18)29)30(34,31(35,36)37)32(38,39)40/h2-4,7-9,13,19,22-24,27H,1,5-6,10-12,14-17H2/t19?,22-,23+,27-,29-/m0/s1. The van der Waals surface area contributed by atoms with Crippen molar-refractivity contribution >= 4 is 15.7 Å². The first-order valence-electron chi connectivity index (χ1n) is 15.6. The lowest BCUT2D eigenvalue weighted by Crippen LogP contribution is -2.58. The summed E-state index contributed by atoms with van der Waals surface area (Å²) in [5, 5.41) is 0. The van der Waals surface area contributed by atoms with Gasteiger partial charge >= 0.3 is 18.0 Å². The molecule has 1 aliphatic carbocycles. The number of alkyl halides is 7. The lowest BCUT2D eigenvalue weighted by atomic mass is 9.76. The van der Waals surface area contributed by atoms with Crippen LogP contribution in [0.5, 0.6) is 0 Å². The van der Waals surface area contributed by atoms with E-state index in [0.717, 1.165) is 43.2 Å². The minimum atomic E-state index is -6.34. The Bertz CT molecular complexity index is 1650. The largest absolute Gasteiger partial charge is 0.435 e. The number of piperidine rings is 1. The van der Waals surface area contributed by atoms with Crippen molar-refractivity contribution in [3.05, 3.63) is 65.0 Å². The molecule has 47 heavy (non-hydrogen) atoms. The van der Waals surface area contributed by atoms with Gasteiger partial charge in [0.15, 0.2) is 9.84 Å². The van der Waals surface area contributed by atoms with Gasteiger partial charge in [0.1, 0.15) is 10.6 Å². The predicted molar refractivity (Wildman–Crippen MR) is 151 cm³/mol. The summed E-state index contributed by atoms with van der Waals surface area (Å²) in [6, 6.07) is 5.25. The Morgan fingerprint density at radius 3 is 2.02 bits per heavy atom. The number of rotatable bonds is 5. The van der Waals surface area contributed by atoms with Crippen LogP contribution in [0, 0.1) is 11.7 Å². The first-order chi connectivity index (χ1) is 22.0. The summed E-state index contributed by atoms with van der Waals surface area (Å²) in [6.07, 6.45) is -10.1. The van der Waals surface area contributed by atoms with E-state index in [9.17, 15) is 43.9 Å². The second-order valence-electron chi connectivity index (χ2n) is 13.4. The highest BCUT2D eigenvalue weighted by molar-refractivity contribution is 7.92. The third-order valence-electron chi connectivity index (χ3n) is 11.1. The summed E-state index contributed by atoms with van der Waals surface area (Å²) in [5.74, 6) is -1.34. The summed E-state index contributed by atoms with van der Waals surface area (Å²) in [6.45, 7) is 1.26. The topological polar surface area (TPSA) is 66.9 Å². The summed E-state index contributed by atoms with van der Waals surface area (Å²) in [4.78, 5) is 17.9. The predicted octanol–water partition coefficient (Wildman–Crippen LogP) is 5.97. The number of halogens is 8. The molecule has 4 heterocycles. The van der Waals surface area contributed by atoms with E-state index in [1.165, 1.54) is 4.90 Å². The molecule has 0 spiro atoms. The van der Waals surface area contributed by atoms with Gasteiger partial charge < -0.3 is 9.64 Å². The first-order valence-corrected chi connectivity index (χ1v) is 17.1. The van der Waals surface area contributed by atoms with Gasteiger partial charge in [0, 0.05) is 30.1 Å². The van der Waals surface area contributed by atoms with Gasteiger partial charge in [-0.05, 0) is 80.3 Å². The highest BCUT2D eigenvalue weighted by atomic mass is 32.2. The second-order valence-corrected chi connectivity index (χ2v) is 15.6. The summed E-state index contributed by atoms with van der Waals surface area (Å²) < 4.78 is 143. The van der Waals surface area contributed by atoms with Crippen molar-refractivity contribution in [2.24, 2.45) is 5.92 Å². The normalized spacial score (nSPS) is 30.2. The van der Waals surface area contributed by atoms with Gasteiger partial charge in [0.05, 0.1) is 30.2 Å². The average Bonchev–Trinajstić information content (AvgIpc) is 3.49. The molecule has 0 radical (unpaired) electrons. The van der Waals surface area contributed by atoms with Gasteiger partial charge in [-0.15, -0.1) is 0 Å². The van der Waals surface area contributed by atoms with Crippen LogP contribution in [0.25, 0.3) is 0 Å². The highest BCUT2D eigenvalue weighted by Gasteiger charge is 2.74. The number of likely N-dealkylation sites (tertiary alicyclic amines) is 1. The maximum atomic E-state index is 15.1. The van der Waals surface area contributed by atoms with Crippen LogP contribution in [0.2, 0.25) is 0 Å². The number of sulfone groups is 1. The molecule has 0 N–H and O–H groups in total. The van der Waals surface area contributed by atoms with Crippen molar-refractivity contribution in [3.8, 4) is 0 Å². The molecule has 0 aromatic heterocycles. The fourth-order valence-corrected chi connectivity index (χ4v) is 11.3. The summed E-state index contributed by atoms with van der Waals surface area (Å²) in [5.41, 5.74) is -7.65. The maximum absolute atomic E-state index is 15.1. The van der Waals surface area contributed by atoms with Crippen molar-refractivity contribution < 1.29 is 53.1 Å². The summed E-state index contributed by atoms with van der Waals surface area (Å²) in [7, 11) is -4.54.